The van der Waals surface area contributed by atoms with E-state index < -0.39 is 6.43 Å². The van der Waals surface area contributed by atoms with Gasteiger partial charge in [-0.3, -0.25) is 9.36 Å². The SMILES string of the molecule is Cc1nc2cc(-c3cnc(C(F)F)s3)c(N[C@H]3CCN4C(=O)OCC4C3)cc2c(=O)n1Cc1ccc(C#N)cc1. The maximum atomic E-state index is 13.7. The topological polar surface area (TPSA) is 113 Å². The summed E-state index contributed by atoms with van der Waals surface area (Å²) in [6.45, 7) is 2.90. The van der Waals surface area contributed by atoms with Gasteiger partial charge in [0.1, 0.15) is 12.4 Å². The Morgan fingerprint density at radius 3 is 2.77 bits per heavy atom. The maximum absolute atomic E-state index is 13.7. The highest BCUT2D eigenvalue weighted by atomic mass is 32.1. The van der Waals surface area contributed by atoms with Crippen LogP contribution < -0.4 is 10.9 Å². The van der Waals surface area contributed by atoms with Crippen LogP contribution in [-0.4, -0.2) is 50.8 Å². The Hall–Kier alpha value is -4.37. The summed E-state index contributed by atoms with van der Waals surface area (Å²) in [6.07, 6.45) is -0.242. The first-order valence-electron chi connectivity index (χ1n) is 12.8. The number of carbonyl (C=O) groups excluding carboxylic acids is 1. The zero-order valence-corrected chi connectivity index (χ0v) is 22.3. The minimum atomic E-state index is -2.69. The van der Waals surface area contributed by atoms with Gasteiger partial charge in [-0.05, 0) is 49.6 Å². The number of nitrogens with zero attached hydrogens (tertiary/aromatic N) is 5. The van der Waals surface area contributed by atoms with Crippen molar-refractivity contribution < 1.29 is 18.3 Å². The number of hydrogen-bond acceptors (Lipinski definition) is 8. The molecule has 40 heavy (non-hydrogen) atoms. The van der Waals surface area contributed by atoms with Crippen LogP contribution in [0.2, 0.25) is 0 Å². The van der Waals surface area contributed by atoms with Crippen LogP contribution in [0.1, 0.15) is 41.2 Å². The quantitative estimate of drug-likeness (QED) is 0.349. The van der Waals surface area contributed by atoms with E-state index in [1.807, 2.05) is 0 Å². The monoisotopic (exact) mass is 562 g/mol. The van der Waals surface area contributed by atoms with Crippen molar-refractivity contribution >= 4 is 34.0 Å². The molecule has 2 saturated heterocycles. The number of ether oxygens (including phenoxy) is 1. The van der Waals surface area contributed by atoms with Gasteiger partial charge in [0.05, 0.1) is 40.0 Å². The summed E-state index contributed by atoms with van der Waals surface area (Å²) in [7, 11) is 0. The lowest BCUT2D eigenvalue weighted by Crippen LogP contribution is -2.45. The van der Waals surface area contributed by atoms with E-state index in [4.69, 9.17) is 15.0 Å². The fourth-order valence-electron chi connectivity index (χ4n) is 5.32. The standard InChI is InChI=1S/C28H24F2N6O3S/c1-15-33-23-9-20(24-12-32-26(40-24)25(29)30)22(34-18-6-7-35-19(8-18)14-39-28(35)38)10-21(23)27(37)36(15)13-17-4-2-16(11-31)3-5-17/h2-5,9-10,12,18-19,25,34H,6-8,13-14H2,1H3/t18-,19?/m0/s1. The number of thiazole rings is 1. The second-order valence-electron chi connectivity index (χ2n) is 9.93. The van der Waals surface area contributed by atoms with Crippen molar-refractivity contribution in [2.45, 2.75) is 44.8 Å². The van der Waals surface area contributed by atoms with Gasteiger partial charge < -0.3 is 15.0 Å². The van der Waals surface area contributed by atoms with Crippen LogP contribution in [0.25, 0.3) is 21.3 Å². The summed E-state index contributed by atoms with van der Waals surface area (Å²) < 4.78 is 33.5. The number of halogens is 2. The Morgan fingerprint density at radius 1 is 1.25 bits per heavy atom. The summed E-state index contributed by atoms with van der Waals surface area (Å²) >= 11 is 0.903. The molecular weight excluding hydrogens is 538 g/mol. The van der Waals surface area contributed by atoms with Crippen molar-refractivity contribution in [1.29, 1.82) is 5.26 Å². The number of anilines is 1. The number of aromatic nitrogens is 3. The first-order valence-corrected chi connectivity index (χ1v) is 13.6. The number of nitrogens with one attached hydrogen (secondary N) is 1. The molecular formula is C28H24F2N6O3S. The number of aryl methyl sites for hydroxylation is 1. The van der Waals surface area contributed by atoms with Gasteiger partial charge in [-0.1, -0.05) is 12.1 Å². The molecule has 12 heteroatoms. The number of fused-ring (bicyclic) bond motifs is 2. The van der Waals surface area contributed by atoms with Crippen molar-refractivity contribution in [2.24, 2.45) is 0 Å². The summed E-state index contributed by atoms with van der Waals surface area (Å²) in [5.41, 5.74) is 2.86. The first-order chi connectivity index (χ1) is 19.3. The van der Waals surface area contributed by atoms with Gasteiger partial charge in [-0.25, -0.2) is 23.5 Å². The first kappa shape index (κ1) is 25.9. The Morgan fingerprint density at radius 2 is 2.05 bits per heavy atom. The van der Waals surface area contributed by atoms with Crippen LogP contribution in [0, 0.1) is 18.3 Å². The number of alkyl halides is 2. The van der Waals surface area contributed by atoms with Crippen molar-refractivity contribution in [1.82, 2.24) is 19.4 Å². The molecule has 0 aliphatic carbocycles. The Labute approximate surface area is 231 Å². The van der Waals surface area contributed by atoms with Crippen molar-refractivity contribution in [2.75, 3.05) is 18.5 Å². The number of rotatable bonds is 6. The molecule has 2 aliphatic rings. The predicted octanol–water partition coefficient (Wildman–Crippen LogP) is 5.08. The van der Waals surface area contributed by atoms with Gasteiger partial charge in [0.2, 0.25) is 0 Å². The second kappa shape index (κ2) is 10.3. The lowest BCUT2D eigenvalue weighted by atomic mass is 9.97. The van der Waals surface area contributed by atoms with Gasteiger partial charge in [-0.15, -0.1) is 11.3 Å². The fraction of sp³-hybridized carbons (Fsp3) is 0.321. The van der Waals surface area contributed by atoms with E-state index in [1.54, 1.807) is 52.8 Å². The summed E-state index contributed by atoms with van der Waals surface area (Å²) in [4.78, 5) is 36.5. The van der Waals surface area contributed by atoms with E-state index in [9.17, 15) is 18.4 Å². The van der Waals surface area contributed by atoms with Gasteiger partial charge in [0.25, 0.3) is 12.0 Å². The summed E-state index contributed by atoms with van der Waals surface area (Å²) in [6, 6.07) is 12.5. The molecule has 6 rings (SSSR count). The second-order valence-corrected chi connectivity index (χ2v) is 11.0. The smallest absolute Gasteiger partial charge is 0.410 e. The number of nitriles is 1. The zero-order chi connectivity index (χ0) is 28.0. The number of carbonyl (C=O) groups is 1. The third kappa shape index (κ3) is 4.77. The van der Waals surface area contributed by atoms with E-state index in [2.05, 4.69) is 16.4 Å². The van der Waals surface area contributed by atoms with E-state index in [0.29, 0.717) is 64.4 Å². The molecule has 2 aromatic heterocycles. The van der Waals surface area contributed by atoms with Crippen LogP contribution >= 0.6 is 11.3 Å². The lowest BCUT2D eigenvalue weighted by molar-refractivity contribution is 0.150. The van der Waals surface area contributed by atoms with Crippen LogP contribution in [0.4, 0.5) is 19.3 Å². The van der Waals surface area contributed by atoms with Crippen molar-refractivity contribution in [3.8, 4) is 16.5 Å². The van der Waals surface area contributed by atoms with E-state index in [-0.39, 0.29) is 35.3 Å². The van der Waals surface area contributed by atoms with E-state index in [0.717, 1.165) is 16.9 Å². The Kier molecular flexibility index (Phi) is 6.67. The molecule has 4 aromatic rings. The highest BCUT2D eigenvalue weighted by molar-refractivity contribution is 7.15. The molecule has 9 nitrogen and oxygen atoms in total. The van der Waals surface area contributed by atoms with E-state index in [1.165, 1.54) is 6.20 Å². The normalized spacial score (nSPS) is 18.6. The van der Waals surface area contributed by atoms with Gasteiger partial charge in [-0.2, -0.15) is 5.26 Å². The average Bonchev–Trinajstić information content (AvgIpc) is 3.59. The molecule has 2 aliphatic heterocycles. The van der Waals surface area contributed by atoms with Crippen LogP contribution in [0.3, 0.4) is 0 Å². The minimum absolute atomic E-state index is 0.0197. The van der Waals surface area contributed by atoms with Gasteiger partial charge >= 0.3 is 6.09 Å². The van der Waals surface area contributed by atoms with Gasteiger partial charge in [0, 0.05) is 30.0 Å². The molecule has 2 fully saturated rings. The lowest BCUT2D eigenvalue weighted by Gasteiger charge is -2.33. The summed E-state index contributed by atoms with van der Waals surface area (Å²) in [5, 5.41) is 12.7. The Balaban J connectivity index is 1.41. The van der Waals surface area contributed by atoms with Crippen LogP contribution in [0.15, 0.2) is 47.4 Å². The minimum Gasteiger partial charge on any atom is -0.447 e. The zero-order valence-electron chi connectivity index (χ0n) is 21.4. The molecule has 0 radical (unpaired) electrons. The highest BCUT2D eigenvalue weighted by Gasteiger charge is 2.38. The molecule has 0 bridgehead atoms. The molecule has 2 aromatic carbocycles. The van der Waals surface area contributed by atoms with E-state index >= 15 is 0 Å². The molecule has 1 amide bonds. The third-order valence-electron chi connectivity index (χ3n) is 7.39. The summed E-state index contributed by atoms with van der Waals surface area (Å²) in [5.74, 6) is 0.504. The molecule has 1 unspecified atom stereocenters. The molecule has 0 spiro atoms. The predicted molar refractivity (Wildman–Crippen MR) is 146 cm³/mol. The third-order valence-corrected chi connectivity index (χ3v) is 8.43. The Bertz CT molecular complexity index is 1710. The number of cyclic esters (lactones) is 1. The molecule has 204 valence electrons. The van der Waals surface area contributed by atoms with Gasteiger partial charge in [0.15, 0.2) is 5.01 Å². The number of piperidine rings is 1. The van der Waals surface area contributed by atoms with Crippen LogP contribution in [-0.2, 0) is 11.3 Å². The van der Waals surface area contributed by atoms with Crippen molar-refractivity contribution in [3.05, 3.63) is 74.9 Å². The van der Waals surface area contributed by atoms with Crippen LogP contribution in [0.5, 0.6) is 0 Å². The fourth-order valence-corrected chi connectivity index (χ4v) is 6.12. The average molecular weight is 563 g/mol. The molecule has 4 heterocycles. The largest absolute Gasteiger partial charge is 0.447 e. The molecule has 0 saturated carbocycles. The number of benzene rings is 2. The van der Waals surface area contributed by atoms with Crippen molar-refractivity contribution in [3.63, 3.8) is 0 Å². The number of hydrogen-bond donors (Lipinski definition) is 1. The maximum Gasteiger partial charge on any atom is 0.410 e. The molecule has 1 N–H and O–H groups in total. The highest BCUT2D eigenvalue weighted by Crippen LogP contribution is 2.38. The number of amides is 1. The molecule has 2 atom stereocenters.